The minimum atomic E-state index is -0.742. The molecule has 0 saturated heterocycles. The second-order valence-electron chi connectivity index (χ2n) is 4.74. The summed E-state index contributed by atoms with van der Waals surface area (Å²) in [6.07, 6.45) is 6.36. The Labute approximate surface area is 130 Å². The first-order valence-electron chi connectivity index (χ1n) is 6.75. The standard InChI is InChI=1S/C16H13N3O4/c1-23-12-6-2-5-11(9-12)19-15(21)13(14(20)18-16(19)22)8-10-4-3-7-17-10/h2-9,21H,1H3,(H,18,20,22)/b10-8+. The fourth-order valence-electron chi connectivity index (χ4n) is 2.20. The Morgan fingerprint density at radius 3 is 2.87 bits per heavy atom. The number of nitrogens with one attached hydrogen (secondary N) is 1. The highest BCUT2D eigenvalue weighted by Gasteiger charge is 2.15. The summed E-state index contributed by atoms with van der Waals surface area (Å²) in [7, 11) is 1.49. The molecule has 0 spiro atoms. The molecule has 0 amide bonds. The predicted molar refractivity (Wildman–Crippen MR) is 86.5 cm³/mol. The smallest absolute Gasteiger partial charge is 0.335 e. The lowest BCUT2D eigenvalue weighted by atomic mass is 10.2. The van der Waals surface area contributed by atoms with Gasteiger partial charge in [0.2, 0.25) is 5.88 Å². The number of benzene rings is 1. The zero-order valence-corrected chi connectivity index (χ0v) is 12.2. The highest BCUT2D eigenvalue weighted by atomic mass is 16.5. The summed E-state index contributed by atoms with van der Waals surface area (Å²) in [5.74, 6) is 0.0539. The fourth-order valence-corrected chi connectivity index (χ4v) is 2.20. The Balaban J connectivity index is 2.23. The first kappa shape index (κ1) is 14.6. The van der Waals surface area contributed by atoms with Crippen LogP contribution in [-0.2, 0) is 0 Å². The van der Waals surface area contributed by atoms with E-state index in [4.69, 9.17) is 4.74 Å². The van der Waals surface area contributed by atoms with Crippen LogP contribution in [0.2, 0.25) is 0 Å². The van der Waals surface area contributed by atoms with Gasteiger partial charge in [0.1, 0.15) is 11.3 Å². The third kappa shape index (κ3) is 2.71. The number of H-pyrrole nitrogens is 1. The van der Waals surface area contributed by atoms with E-state index in [9.17, 15) is 14.7 Å². The van der Waals surface area contributed by atoms with Gasteiger partial charge in [-0.25, -0.2) is 9.36 Å². The van der Waals surface area contributed by atoms with E-state index in [0.717, 1.165) is 4.57 Å². The van der Waals surface area contributed by atoms with Gasteiger partial charge in [-0.05, 0) is 30.4 Å². The topological polar surface area (TPSA) is 96.7 Å². The number of allylic oxidation sites excluding steroid dienone is 2. The molecule has 1 aromatic heterocycles. The zero-order chi connectivity index (χ0) is 16.4. The Hall–Kier alpha value is -3.35. The van der Waals surface area contributed by atoms with Crippen molar-refractivity contribution in [1.82, 2.24) is 9.55 Å². The van der Waals surface area contributed by atoms with Crippen molar-refractivity contribution in [3.63, 3.8) is 0 Å². The average Bonchev–Trinajstić information content (AvgIpc) is 3.04. The number of hydrogen-bond donors (Lipinski definition) is 2. The van der Waals surface area contributed by atoms with Gasteiger partial charge in [0.15, 0.2) is 0 Å². The molecule has 7 heteroatoms. The monoisotopic (exact) mass is 311 g/mol. The molecule has 0 saturated carbocycles. The van der Waals surface area contributed by atoms with Crippen LogP contribution < -0.4 is 16.0 Å². The molecule has 2 N–H and O–H groups in total. The number of nitrogens with zero attached hydrogens (tertiary/aromatic N) is 2. The van der Waals surface area contributed by atoms with Gasteiger partial charge in [-0.2, -0.15) is 0 Å². The van der Waals surface area contributed by atoms with E-state index in [1.807, 2.05) is 0 Å². The maximum absolute atomic E-state index is 12.1. The Bertz CT molecular complexity index is 950. The van der Waals surface area contributed by atoms with Crippen molar-refractivity contribution < 1.29 is 9.84 Å². The molecule has 0 radical (unpaired) electrons. The minimum absolute atomic E-state index is 0.0499. The summed E-state index contributed by atoms with van der Waals surface area (Å²) >= 11 is 0. The van der Waals surface area contributed by atoms with E-state index in [-0.39, 0.29) is 5.56 Å². The van der Waals surface area contributed by atoms with E-state index in [2.05, 4.69) is 9.98 Å². The van der Waals surface area contributed by atoms with E-state index in [1.165, 1.54) is 13.2 Å². The van der Waals surface area contributed by atoms with Crippen LogP contribution in [0.1, 0.15) is 5.56 Å². The van der Waals surface area contributed by atoms with Gasteiger partial charge in [-0.15, -0.1) is 0 Å². The molecule has 0 fully saturated rings. The van der Waals surface area contributed by atoms with Crippen molar-refractivity contribution in [2.45, 2.75) is 0 Å². The van der Waals surface area contributed by atoms with E-state index in [1.54, 1.807) is 42.6 Å². The Morgan fingerprint density at radius 2 is 2.17 bits per heavy atom. The van der Waals surface area contributed by atoms with Crippen LogP contribution in [0.15, 0.2) is 56.7 Å². The molecule has 0 unspecified atom stereocenters. The first-order valence-corrected chi connectivity index (χ1v) is 6.75. The van der Waals surface area contributed by atoms with Gasteiger partial charge in [-0.3, -0.25) is 14.8 Å². The molecular weight excluding hydrogens is 298 g/mol. The minimum Gasteiger partial charge on any atom is -0.497 e. The lowest BCUT2D eigenvalue weighted by Gasteiger charge is -2.11. The molecule has 1 aliphatic rings. The molecule has 0 aliphatic carbocycles. The van der Waals surface area contributed by atoms with E-state index < -0.39 is 17.1 Å². The molecule has 0 atom stereocenters. The van der Waals surface area contributed by atoms with Gasteiger partial charge in [-0.1, -0.05) is 6.07 Å². The SMILES string of the molecule is COc1cccc(-n2c(O)c(/C=C3\C=CC=N3)c(=O)[nH]c2=O)c1. The van der Waals surface area contributed by atoms with Gasteiger partial charge < -0.3 is 9.84 Å². The second kappa shape index (κ2) is 5.80. The van der Waals surface area contributed by atoms with Crippen LogP contribution in [0.3, 0.4) is 0 Å². The number of hydrogen-bond acceptors (Lipinski definition) is 5. The molecule has 2 aromatic rings. The van der Waals surface area contributed by atoms with Gasteiger partial charge in [0.25, 0.3) is 5.56 Å². The van der Waals surface area contributed by atoms with Crippen molar-refractivity contribution in [3.8, 4) is 17.3 Å². The van der Waals surface area contributed by atoms with Crippen molar-refractivity contribution >= 4 is 12.3 Å². The van der Waals surface area contributed by atoms with E-state index in [0.29, 0.717) is 17.1 Å². The number of aromatic nitrogens is 2. The fraction of sp³-hybridized carbons (Fsp3) is 0.0625. The summed E-state index contributed by atoms with van der Waals surface area (Å²) in [6, 6.07) is 6.57. The third-order valence-corrected chi connectivity index (χ3v) is 3.30. The quantitative estimate of drug-likeness (QED) is 0.890. The normalized spacial score (nSPS) is 14.6. The molecule has 116 valence electrons. The number of aromatic hydroxyl groups is 1. The van der Waals surface area contributed by atoms with Crippen LogP contribution in [0.5, 0.6) is 11.6 Å². The second-order valence-corrected chi connectivity index (χ2v) is 4.74. The van der Waals surface area contributed by atoms with Crippen LogP contribution >= 0.6 is 0 Å². The molecule has 0 bridgehead atoms. The summed E-state index contributed by atoms with van der Waals surface area (Å²) < 4.78 is 6.11. The zero-order valence-electron chi connectivity index (χ0n) is 12.2. The molecule has 1 aromatic carbocycles. The predicted octanol–water partition coefficient (Wildman–Crippen LogP) is 1.22. The maximum Gasteiger partial charge on any atom is 0.335 e. The van der Waals surface area contributed by atoms with Crippen LogP contribution in [-0.4, -0.2) is 28.0 Å². The largest absolute Gasteiger partial charge is 0.497 e. The van der Waals surface area contributed by atoms with Gasteiger partial charge in [0, 0.05) is 12.3 Å². The van der Waals surface area contributed by atoms with Gasteiger partial charge in [0.05, 0.1) is 18.5 Å². The Kier molecular flexibility index (Phi) is 3.68. The number of rotatable bonds is 3. The van der Waals surface area contributed by atoms with Crippen LogP contribution in [0, 0.1) is 0 Å². The highest BCUT2D eigenvalue weighted by Crippen LogP contribution is 2.22. The average molecular weight is 311 g/mol. The van der Waals surface area contributed by atoms with Crippen LogP contribution in [0.25, 0.3) is 11.8 Å². The summed E-state index contributed by atoms with van der Waals surface area (Å²) in [5.41, 5.74) is -0.607. The third-order valence-electron chi connectivity index (χ3n) is 3.30. The lowest BCUT2D eigenvalue weighted by Crippen LogP contribution is -2.30. The Morgan fingerprint density at radius 1 is 1.35 bits per heavy atom. The van der Waals surface area contributed by atoms with Crippen LogP contribution in [0.4, 0.5) is 0 Å². The molecular formula is C16H13N3O4. The summed E-state index contributed by atoms with van der Waals surface area (Å²) in [6.45, 7) is 0. The first-order chi connectivity index (χ1) is 11.1. The summed E-state index contributed by atoms with van der Waals surface area (Å²) in [5, 5.41) is 10.4. The van der Waals surface area contributed by atoms with E-state index >= 15 is 0 Å². The number of aliphatic imine (C=N–C) groups is 1. The molecule has 7 nitrogen and oxygen atoms in total. The highest BCUT2D eigenvalue weighted by molar-refractivity contribution is 5.79. The van der Waals surface area contributed by atoms with Crippen molar-refractivity contribution in [3.05, 3.63) is 68.5 Å². The number of ether oxygens (including phenoxy) is 1. The van der Waals surface area contributed by atoms with Gasteiger partial charge >= 0.3 is 5.69 Å². The summed E-state index contributed by atoms with van der Waals surface area (Å²) in [4.78, 5) is 30.3. The lowest BCUT2D eigenvalue weighted by molar-refractivity contribution is 0.412. The van der Waals surface area contributed by atoms with Crippen molar-refractivity contribution in [2.24, 2.45) is 4.99 Å². The molecule has 2 heterocycles. The molecule has 3 rings (SSSR count). The number of methoxy groups -OCH3 is 1. The van der Waals surface area contributed by atoms with Crippen molar-refractivity contribution in [2.75, 3.05) is 7.11 Å². The molecule has 1 aliphatic heterocycles. The van der Waals surface area contributed by atoms with Crippen molar-refractivity contribution in [1.29, 1.82) is 0 Å². The maximum atomic E-state index is 12.1. The number of aromatic amines is 1. The molecule has 23 heavy (non-hydrogen) atoms.